The summed E-state index contributed by atoms with van der Waals surface area (Å²) in [6, 6.07) is 16.6. The molecule has 0 saturated heterocycles. The number of ketones is 1. The average Bonchev–Trinajstić information content (AvgIpc) is 3.00. The van der Waals surface area contributed by atoms with Crippen LogP contribution in [0, 0.1) is 0 Å². The van der Waals surface area contributed by atoms with E-state index in [2.05, 4.69) is 15.9 Å². The molecule has 0 spiro atoms. The lowest BCUT2D eigenvalue weighted by molar-refractivity contribution is 0.0733. The van der Waals surface area contributed by atoms with Crippen LogP contribution in [0.15, 0.2) is 70.9 Å². The first kappa shape index (κ1) is 19.7. The van der Waals surface area contributed by atoms with Gasteiger partial charge in [0.15, 0.2) is 5.76 Å². The van der Waals surface area contributed by atoms with E-state index in [-0.39, 0.29) is 17.3 Å². The number of hydrogen-bond acceptors (Lipinski definition) is 4. The summed E-state index contributed by atoms with van der Waals surface area (Å²) in [5, 5.41) is 0.803. The summed E-state index contributed by atoms with van der Waals surface area (Å²) in [5.74, 6) is -0.0532. The maximum atomic E-state index is 12.6. The van der Waals surface area contributed by atoms with Crippen LogP contribution in [0.5, 0.6) is 11.5 Å². The van der Waals surface area contributed by atoms with Crippen molar-refractivity contribution in [1.29, 1.82) is 0 Å². The van der Waals surface area contributed by atoms with Gasteiger partial charge in [0.25, 0.3) is 0 Å². The van der Waals surface area contributed by atoms with Crippen molar-refractivity contribution in [2.24, 2.45) is 0 Å². The van der Waals surface area contributed by atoms with Gasteiger partial charge in [0.1, 0.15) is 11.5 Å². The highest BCUT2D eigenvalue weighted by Gasteiger charge is 2.28. The van der Waals surface area contributed by atoms with E-state index in [1.54, 1.807) is 60.7 Å². The van der Waals surface area contributed by atoms with Crippen LogP contribution in [0.1, 0.15) is 26.3 Å². The predicted molar refractivity (Wildman–Crippen MR) is 115 cm³/mol. The van der Waals surface area contributed by atoms with E-state index in [1.807, 2.05) is 0 Å². The fourth-order valence-electron chi connectivity index (χ4n) is 2.77. The topological polar surface area (TPSA) is 52.6 Å². The van der Waals surface area contributed by atoms with Gasteiger partial charge in [-0.3, -0.25) is 4.79 Å². The number of allylic oxidation sites excluding steroid dienone is 1. The number of halogens is 3. The summed E-state index contributed by atoms with van der Waals surface area (Å²) in [6.07, 6.45) is 1.58. The van der Waals surface area contributed by atoms with Crippen LogP contribution >= 0.6 is 39.1 Å². The first-order chi connectivity index (χ1) is 13.9. The highest BCUT2D eigenvalue weighted by molar-refractivity contribution is 9.10. The highest BCUT2D eigenvalue weighted by Crippen LogP contribution is 2.35. The highest BCUT2D eigenvalue weighted by atomic mass is 79.9. The molecule has 7 heteroatoms. The van der Waals surface area contributed by atoms with E-state index in [0.29, 0.717) is 37.0 Å². The third-order valence-electron chi connectivity index (χ3n) is 4.19. The zero-order valence-electron chi connectivity index (χ0n) is 14.6. The van der Waals surface area contributed by atoms with E-state index >= 15 is 0 Å². The maximum Gasteiger partial charge on any atom is 0.344 e. The van der Waals surface area contributed by atoms with Crippen LogP contribution in [0.25, 0.3) is 6.08 Å². The van der Waals surface area contributed by atoms with Crippen LogP contribution in [0.2, 0.25) is 10.0 Å². The maximum absolute atomic E-state index is 12.6. The fourth-order valence-corrected chi connectivity index (χ4v) is 3.53. The van der Waals surface area contributed by atoms with Crippen molar-refractivity contribution in [2.45, 2.75) is 0 Å². The molecule has 1 heterocycles. The molecule has 4 nitrogen and oxygen atoms in total. The van der Waals surface area contributed by atoms with E-state index in [4.69, 9.17) is 32.7 Å². The summed E-state index contributed by atoms with van der Waals surface area (Å²) < 4.78 is 11.7. The number of fused-ring (bicyclic) bond motifs is 1. The van der Waals surface area contributed by atoms with Gasteiger partial charge in [-0.25, -0.2) is 4.79 Å². The largest absolute Gasteiger partial charge is 0.452 e. The molecule has 29 heavy (non-hydrogen) atoms. The predicted octanol–water partition coefficient (Wildman–Crippen LogP) is 6.59. The monoisotopic (exact) mass is 488 g/mol. The first-order valence-electron chi connectivity index (χ1n) is 8.42. The number of ether oxygens (including phenoxy) is 2. The lowest BCUT2D eigenvalue weighted by Crippen LogP contribution is -2.09. The van der Waals surface area contributed by atoms with Crippen LogP contribution in [0.3, 0.4) is 0 Å². The van der Waals surface area contributed by atoms with Crippen molar-refractivity contribution in [2.75, 3.05) is 0 Å². The second-order valence-electron chi connectivity index (χ2n) is 6.14. The smallest absolute Gasteiger partial charge is 0.344 e. The summed E-state index contributed by atoms with van der Waals surface area (Å²) in [4.78, 5) is 25.0. The average molecular weight is 490 g/mol. The quantitative estimate of drug-likeness (QED) is 0.236. The fraction of sp³-hybridized carbons (Fsp3) is 0. The van der Waals surface area contributed by atoms with Crippen LogP contribution in [-0.4, -0.2) is 11.8 Å². The lowest BCUT2D eigenvalue weighted by atomic mass is 10.1. The van der Waals surface area contributed by atoms with Crippen molar-refractivity contribution in [3.63, 3.8) is 0 Å². The molecular formula is C22H11BrCl2O4. The van der Waals surface area contributed by atoms with Gasteiger partial charge in [0, 0.05) is 10.5 Å². The summed E-state index contributed by atoms with van der Waals surface area (Å²) in [6.45, 7) is 0. The van der Waals surface area contributed by atoms with Crippen LogP contribution in [-0.2, 0) is 0 Å². The summed E-state index contributed by atoms with van der Waals surface area (Å²) in [5.41, 5.74) is 1.46. The molecule has 0 unspecified atom stereocenters. The third kappa shape index (κ3) is 4.08. The Morgan fingerprint density at radius 1 is 1.00 bits per heavy atom. The molecule has 0 N–H and O–H groups in total. The Morgan fingerprint density at radius 2 is 1.79 bits per heavy atom. The minimum absolute atomic E-state index is 0.146. The standard InChI is InChI=1S/C22H11BrCl2O4/c23-16-4-2-1-3-14(16)22(27)28-13-6-7-15-19(11-13)29-20(21(15)26)10-12-5-8-17(24)18(25)9-12/h1-11H. The number of carbonyl (C=O) groups excluding carboxylic acids is 2. The Labute approximate surface area is 184 Å². The molecule has 3 aromatic carbocycles. The van der Waals surface area contributed by atoms with E-state index in [0.717, 1.165) is 0 Å². The van der Waals surface area contributed by atoms with Crippen molar-refractivity contribution in [1.82, 2.24) is 0 Å². The van der Waals surface area contributed by atoms with Crippen LogP contribution < -0.4 is 9.47 Å². The Bertz CT molecular complexity index is 1190. The zero-order valence-corrected chi connectivity index (χ0v) is 17.7. The Kier molecular flexibility index (Phi) is 5.46. The Morgan fingerprint density at radius 3 is 2.55 bits per heavy atom. The van der Waals surface area contributed by atoms with Crippen LogP contribution in [0.4, 0.5) is 0 Å². The van der Waals surface area contributed by atoms with Crippen molar-refractivity contribution < 1.29 is 19.1 Å². The van der Waals surface area contributed by atoms with Gasteiger partial charge in [0.05, 0.1) is 21.2 Å². The second kappa shape index (κ2) is 8.03. The third-order valence-corrected chi connectivity index (χ3v) is 5.62. The number of esters is 1. The molecule has 0 amide bonds. The van der Waals surface area contributed by atoms with Gasteiger partial charge >= 0.3 is 5.97 Å². The van der Waals surface area contributed by atoms with E-state index < -0.39 is 5.97 Å². The molecule has 1 aliphatic rings. The van der Waals surface area contributed by atoms with Gasteiger partial charge in [-0.2, -0.15) is 0 Å². The number of carbonyl (C=O) groups is 2. The minimum Gasteiger partial charge on any atom is -0.452 e. The van der Waals surface area contributed by atoms with Crippen molar-refractivity contribution in [3.8, 4) is 11.5 Å². The Hall–Kier alpha value is -2.60. The molecule has 1 aliphatic heterocycles. The van der Waals surface area contributed by atoms with E-state index in [1.165, 1.54) is 6.07 Å². The zero-order chi connectivity index (χ0) is 20.5. The molecule has 4 rings (SSSR count). The SMILES string of the molecule is O=C(Oc1ccc2c(c1)OC(=Cc1ccc(Cl)c(Cl)c1)C2=O)c1ccccc1Br. The molecule has 0 fully saturated rings. The molecule has 3 aromatic rings. The van der Waals surface area contributed by atoms with Gasteiger partial charge in [0.2, 0.25) is 5.78 Å². The minimum atomic E-state index is -0.520. The second-order valence-corrected chi connectivity index (χ2v) is 7.81. The normalized spacial score (nSPS) is 13.9. The first-order valence-corrected chi connectivity index (χ1v) is 9.97. The van der Waals surface area contributed by atoms with E-state index in [9.17, 15) is 9.59 Å². The molecule has 0 aliphatic carbocycles. The molecule has 0 aromatic heterocycles. The number of benzene rings is 3. The number of Topliss-reactive ketones (excluding diaryl/α,β-unsaturated/α-hetero) is 1. The molecule has 144 valence electrons. The molecule has 0 bridgehead atoms. The van der Waals surface area contributed by atoms with Crippen molar-refractivity contribution >= 4 is 57.0 Å². The number of hydrogen-bond donors (Lipinski definition) is 0. The summed E-state index contributed by atoms with van der Waals surface area (Å²) in [7, 11) is 0. The van der Waals surface area contributed by atoms with Gasteiger partial charge in [-0.1, -0.05) is 41.4 Å². The lowest BCUT2D eigenvalue weighted by Gasteiger charge is -2.07. The van der Waals surface area contributed by atoms with Gasteiger partial charge < -0.3 is 9.47 Å². The molecule has 0 atom stereocenters. The number of rotatable bonds is 3. The molecular weight excluding hydrogens is 479 g/mol. The molecule has 0 radical (unpaired) electrons. The van der Waals surface area contributed by atoms with Gasteiger partial charge in [-0.05, 0) is 64.0 Å². The molecule has 0 saturated carbocycles. The Balaban J connectivity index is 1.57. The van der Waals surface area contributed by atoms with Gasteiger partial charge in [-0.15, -0.1) is 0 Å². The van der Waals surface area contributed by atoms with Crippen molar-refractivity contribution in [3.05, 3.63) is 97.6 Å². The summed E-state index contributed by atoms with van der Waals surface area (Å²) >= 11 is 15.3.